The van der Waals surface area contributed by atoms with E-state index in [0.717, 1.165) is 0 Å². The average molecular weight is 751 g/mol. The van der Waals surface area contributed by atoms with Crippen LogP contribution < -0.4 is 24.8 Å². The van der Waals surface area contributed by atoms with Gasteiger partial charge in [-0.3, -0.25) is 6.08 Å². The van der Waals surface area contributed by atoms with Crippen LogP contribution in [0.4, 0.5) is 0 Å². The number of fused-ring (bicyclic) bond motifs is 3. The topological polar surface area (TPSA) is 0 Å². The summed E-state index contributed by atoms with van der Waals surface area (Å²) in [5.41, 5.74) is 7.63. The maximum atomic E-state index is 3.43. The Kier molecular flexibility index (Phi) is 15.1. The third-order valence-electron chi connectivity index (χ3n) is 8.45. The monoisotopic (exact) mass is 748 g/mol. The minimum atomic E-state index is -1.07. The van der Waals surface area contributed by atoms with Crippen molar-refractivity contribution in [1.29, 1.82) is 0 Å². The van der Waals surface area contributed by atoms with Crippen molar-refractivity contribution >= 4 is 33.3 Å². The standard InChI is InChI=1S/C21H25.C11H14.C10H17Si.2ClH.Zr/c1-20(2,3)16-7-9-18-14(12-16)11-15-13-17(21(4,5)6)8-10-19(15)18;1-9-5-7-10(8-6-9)11(2,3)4;1-8-6-9(2)10(7-8)11(3,4)5;;;/h7-13H,1-6H3;1,5-8H,2-4H3;7-8H,1-5H3;2*1H;/q-1;;-1;;;+2/p-2. The van der Waals surface area contributed by atoms with Crippen molar-refractivity contribution in [3.63, 3.8) is 0 Å². The van der Waals surface area contributed by atoms with Gasteiger partial charge in [-0.1, -0.05) is 116 Å². The summed E-state index contributed by atoms with van der Waals surface area (Å²) in [5.74, 6) is 0.553. The molecule has 1 unspecified atom stereocenters. The molecule has 248 valence electrons. The summed E-state index contributed by atoms with van der Waals surface area (Å²) in [6, 6.07) is 25.0. The van der Waals surface area contributed by atoms with Crippen LogP contribution in [0.25, 0.3) is 21.5 Å². The van der Waals surface area contributed by atoms with Gasteiger partial charge in [0.15, 0.2) is 0 Å². The van der Waals surface area contributed by atoms with Crippen LogP contribution >= 0.6 is 0 Å². The molecule has 0 spiro atoms. The SMILES string of the molecule is CC(C)(C)c1ccc([CH]=[Zr+2])cc1.CC(C)(C)c1ccc2c(c1)[cH-]c1cc(C(C)(C)C)ccc12.CC1=[C-]C(C)C=C1[Si](C)(C)C.[Cl-].[Cl-]. The second-order valence-corrected chi connectivity index (χ2v) is 22.4. The summed E-state index contributed by atoms with van der Waals surface area (Å²) >= 11 is 1.46. The first kappa shape index (κ1) is 42.6. The fourth-order valence-electron chi connectivity index (χ4n) is 5.68. The van der Waals surface area contributed by atoms with E-state index in [1.54, 1.807) is 5.20 Å². The van der Waals surface area contributed by atoms with Crippen LogP contribution in [-0.4, -0.2) is 11.8 Å². The van der Waals surface area contributed by atoms with Crippen molar-refractivity contribution in [3.8, 4) is 0 Å². The molecule has 46 heavy (non-hydrogen) atoms. The van der Waals surface area contributed by atoms with Gasteiger partial charge in [0.1, 0.15) is 0 Å². The van der Waals surface area contributed by atoms with Crippen LogP contribution in [0.3, 0.4) is 0 Å². The van der Waals surface area contributed by atoms with Crippen LogP contribution in [0.2, 0.25) is 19.6 Å². The summed E-state index contributed by atoms with van der Waals surface area (Å²) in [6.07, 6.45) is 5.81. The molecule has 0 N–H and O–H groups in total. The van der Waals surface area contributed by atoms with Crippen molar-refractivity contribution in [1.82, 2.24) is 0 Å². The Bertz CT molecular complexity index is 1590. The van der Waals surface area contributed by atoms with E-state index >= 15 is 0 Å². The first-order chi connectivity index (χ1) is 20.1. The number of hydrogen-bond acceptors (Lipinski definition) is 0. The third kappa shape index (κ3) is 11.3. The zero-order chi connectivity index (χ0) is 33.3. The zero-order valence-corrected chi connectivity index (χ0v) is 35.8. The van der Waals surface area contributed by atoms with Crippen molar-refractivity contribution < 1.29 is 49.0 Å². The largest absolute Gasteiger partial charge is 1.00 e. The van der Waals surface area contributed by atoms with Crippen LogP contribution in [0.15, 0.2) is 83.6 Å². The number of rotatable bonds is 2. The fraction of sp³-hybridized carbons (Fsp3) is 0.429. The molecule has 0 heterocycles. The summed E-state index contributed by atoms with van der Waals surface area (Å²) in [5, 5.41) is 7.08. The molecule has 0 aromatic heterocycles. The Morgan fingerprint density at radius 1 is 0.674 bits per heavy atom. The Morgan fingerprint density at radius 2 is 1.07 bits per heavy atom. The second kappa shape index (κ2) is 16.3. The molecule has 4 aromatic carbocycles. The quantitative estimate of drug-likeness (QED) is 0.170. The van der Waals surface area contributed by atoms with E-state index in [1.165, 1.54) is 73.6 Å². The van der Waals surface area contributed by atoms with Crippen LogP contribution in [0, 0.1) is 12.0 Å². The Balaban J connectivity index is 0.000000365. The molecule has 1 atom stereocenters. The zero-order valence-electron chi connectivity index (χ0n) is 30.8. The van der Waals surface area contributed by atoms with Crippen LogP contribution in [0.5, 0.6) is 0 Å². The molecule has 4 aromatic rings. The van der Waals surface area contributed by atoms with Gasteiger partial charge in [0, 0.05) is 0 Å². The van der Waals surface area contributed by atoms with E-state index in [2.05, 4.69) is 178 Å². The van der Waals surface area contributed by atoms with E-state index in [0.29, 0.717) is 5.92 Å². The molecule has 4 heteroatoms. The van der Waals surface area contributed by atoms with Crippen molar-refractivity contribution in [2.45, 2.75) is 112 Å². The molecule has 1 aliphatic carbocycles. The van der Waals surface area contributed by atoms with E-state index in [4.69, 9.17) is 0 Å². The molecule has 0 aliphatic heterocycles. The molecule has 0 saturated carbocycles. The normalized spacial score (nSPS) is 15.0. The van der Waals surface area contributed by atoms with Crippen molar-refractivity contribution in [2.75, 3.05) is 0 Å². The molecule has 5 rings (SSSR count). The maximum Gasteiger partial charge on any atom is -0.0112 e. The molecular formula is C42H56Cl2SiZr-2. The summed E-state index contributed by atoms with van der Waals surface area (Å²) < 4.78 is 2.21. The van der Waals surface area contributed by atoms with Gasteiger partial charge >= 0.3 is 89.5 Å². The molecule has 0 fully saturated rings. The summed E-state index contributed by atoms with van der Waals surface area (Å²) in [7, 11) is -1.07. The Labute approximate surface area is 310 Å². The van der Waals surface area contributed by atoms with Gasteiger partial charge in [0.2, 0.25) is 0 Å². The molecule has 0 saturated heterocycles. The average Bonchev–Trinajstić information content (AvgIpc) is 3.45. The summed E-state index contributed by atoms with van der Waals surface area (Å²) in [6.45, 7) is 31.9. The van der Waals surface area contributed by atoms with Crippen molar-refractivity contribution in [3.05, 3.63) is 112 Å². The molecule has 0 radical (unpaired) electrons. The van der Waals surface area contributed by atoms with Gasteiger partial charge in [0.05, 0.1) is 0 Å². The number of allylic oxidation sites excluding steroid dienone is 4. The second-order valence-electron chi connectivity index (χ2n) is 16.7. The van der Waals surface area contributed by atoms with E-state index < -0.39 is 8.07 Å². The molecule has 1 aliphatic rings. The minimum Gasteiger partial charge on any atom is -1.00 e. The van der Waals surface area contributed by atoms with Gasteiger partial charge in [-0.15, -0.1) is 39.7 Å². The molecule has 0 nitrogen and oxygen atoms in total. The van der Waals surface area contributed by atoms with Crippen LogP contribution in [-0.2, 0) is 40.5 Å². The number of halogens is 2. The predicted molar refractivity (Wildman–Crippen MR) is 198 cm³/mol. The van der Waals surface area contributed by atoms with E-state index in [9.17, 15) is 0 Å². The first-order valence-electron chi connectivity index (χ1n) is 16.2. The number of benzene rings is 3. The fourth-order valence-corrected chi connectivity index (χ4v) is 8.10. The van der Waals surface area contributed by atoms with Gasteiger partial charge in [0.25, 0.3) is 0 Å². The third-order valence-corrected chi connectivity index (χ3v) is 11.4. The van der Waals surface area contributed by atoms with E-state index in [1.807, 2.05) is 0 Å². The van der Waals surface area contributed by atoms with Crippen molar-refractivity contribution in [2.24, 2.45) is 5.92 Å². The minimum absolute atomic E-state index is 0. The molecule has 0 bridgehead atoms. The van der Waals surface area contributed by atoms with Crippen LogP contribution in [0.1, 0.15) is 98.4 Å². The van der Waals surface area contributed by atoms with Gasteiger partial charge in [-0.25, -0.2) is 10.8 Å². The predicted octanol–water partition coefficient (Wildman–Crippen LogP) is 6.19. The van der Waals surface area contributed by atoms with Gasteiger partial charge in [-0.05, 0) is 18.9 Å². The van der Waals surface area contributed by atoms with E-state index in [-0.39, 0.29) is 41.1 Å². The van der Waals surface area contributed by atoms with Gasteiger partial charge < -0.3 is 24.8 Å². The Hall–Kier alpha value is -1.44. The Morgan fingerprint density at radius 3 is 1.35 bits per heavy atom. The molecular weight excluding hydrogens is 695 g/mol. The molecule has 0 amide bonds. The van der Waals surface area contributed by atoms with Gasteiger partial charge in [-0.2, -0.15) is 6.08 Å². The maximum absolute atomic E-state index is 3.43. The first-order valence-corrected chi connectivity index (χ1v) is 21.1. The smallest absolute Gasteiger partial charge is 0.0112 e. The number of hydrogen-bond donors (Lipinski definition) is 0. The summed E-state index contributed by atoms with van der Waals surface area (Å²) in [4.78, 5) is 0.